The number of rotatable bonds is 7. The molecule has 94 valence electrons. The molecule has 1 aliphatic rings. The van der Waals surface area contributed by atoms with Gasteiger partial charge in [-0.1, -0.05) is 33.1 Å². The lowest BCUT2D eigenvalue weighted by Crippen LogP contribution is -2.39. The number of ether oxygens (including phenoxy) is 1. The van der Waals surface area contributed by atoms with E-state index in [-0.39, 0.29) is 5.97 Å². The molecule has 0 aromatic carbocycles. The number of nitrogens with two attached hydrogens (primary N) is 1. The largest absolute Gasteiger partial charge is 0.465 e. The third kappa shape index (κ3) is 2.97. The number of carbonyl (C=O) groups is 1. The highest BCUT2D eigenvalue weighted by Crippen LogP contribution is 2.30. The van der Waals surface area contributed by atoms with E-state index in [1.807, 2.05) is 13.8 Å². The van der Waals surface area contributed by atoms with Crippen LogP contribution >= 0.6 is 0 Å². The maximum Gasteiger partial charge on any atom is 0.313 e. The first-order valence-corrected chi connectivity index (χ1v) is 6.55. The molecule has 3 heteroatoms. The molecule has 1 rings (SSSR count). The van der Waals surface area contributed by atoms with Crippen LogP contribution in [0.15, 0.2) is 0 Å². The summed E-state index contributed by atoms with van der Waals surface area (Å²) in [4.78, 5) is 11.9. The second kappa shape index (κ2) is 6.24. The lowest BCUT2D eigenvalue weighted by Gasteiger charge is -2.29. The van der Waals surface area contributed by atoms with Gasteiger partial charge in [0.05, 0.1) is 12.0 Å². The molecule has 0 aliphatic heterocycles. The van der Waals surface area contributed by atoms with Crippen LogP contribution in [-0.2, 0) is 9.53 Å². The zero-order valence-corrected chi connectivity index (χ0v) is 10.6. The van der Waals surface area contributed by atoms with Crippen molar-refractivity contribution in [3.8, 4) is 0 Å². The third-order valence-corrected chi connectivity index (χ3v) is 4.16. The minimum Gasteiger partial charge on any atom is -0.465 e. The first kappa shape index (κ1) is 13.5. The van der Waals surface area contributed by atoms with Crippen LogP contribution in [0.3, 0.4) is 0 Å². The van der Waals surface area contributed by atoms with Crippen molar-refractivity contribution in [3.05, 3.63) is 0 Å². The highest BCUT2D eigenvalue weighted by molar-refractivity contribution is 5.77. The summed E-state index contributed by atoms with van der Waals surface area (Å²) < 4.78 is 5.37. The maximum atomic E-state index is 11.9. The van der Waals surface area contributed by atoms with Gasteiger partial charge in [0.25, 0.3) is 0 Å². The molecule has 0 spiro atoms. The maximum absolute atomic E-state index is 11.9. The summed E-state index contributed by atoms with van der Waals surface area (Å²) in [5.74, 6) is 0.697. The third-order valence-electron chi connectivity index (χ3n) is 4.16. The molecule has 0 amide bonds. The van der Waals surface area contributed by atoms with Gasteiger partial charge in [-0.2, -0.15) is 0 Å². The molecular weight excluding hydrogens is 202 g/mol. The van der Waals surface area contributed by atoms with Gasteiger partial charge in [-0.15, -0.1) is 0 Å². The number of hydrogen-bond acceptors (Lipinski definition) is 3. The molecule has 0 atom stereocenters. The first-order chi connectivity index (χ1) is 7.68. The van der Waals surface area contributed by atoms with Gasteiger partial charge < -0.3 is 10.5 Å². The van der Waals surface area contributed by atoms with Crippen LogP contribution in [0.5, 0.6) is 0 Å². The summed E-state index contributed by atoms with van der Waals surface area (Å²) in [6, 6.07) is 0. The summed E-state index contributed by atoms with van der Waals surface area (Å²) in [6.07, 6.45) is 6.52. The Morgan fingerprint density at radius 3 is 2.38 bits per heavy atom. The standard InChI is InChI=1S/C13H25NO2/c1-3-13(4-2,10-14)12(15)16-9-8-11-6-5-7-11/h11H,3-10,14H2,1-2H3. The Balaban J connectivity index is 2.30. The second-order valence-electron chi connectivity index (χ2n) is 4.91. The molecule has 16 heavy (non-hydrogen) atoms. The van der Waals surface area contributed by atoms with Crippen molar-refractivity contribution in [1.29, 1.82) is 0 Å². The summed E-state index contributed by atoms with van der Waals surface area (Å²) in [5.41, 5.74) is 5.25. The predicted molar refractivity (Wildman–Crippen MR) is 65.0 cm³/mol. The minimum absolute atomic E-state index is 0.0978. The van der Waals surface area contributed by atoms with Gasteiger partial charge in [0.15, 0.2) is 0 Å². The first-order valence-electron chi connectivity index (χ1n) is 6.55. The fourth-order valence-electron chi connectivity index (χ4n) is 2.16. The zero-order chi connectivity index (χ0) is 12.0. The topological polar surface area (TPSA) is 52.3 Å². The lowest BCUT2D eigenvalue weighted by molar-refractivity contribution is -0.156. The molecule has 0 saturated heterocycles. The average molecular weight is 227 g/mol. The van der Waals surface area contributed by atoms with Gasteiger partial charge >= 0.3 is 5.97 Å². The van der Waals surface area contributed by atoms with Crippen LogP contribution in [-0.4, -0.2) is 19.1 Å². The Morgan fingerprint density at radius 2 is 2.00 bits per heavy atom. The van der Waals surface area contributed by atoms with Gasteiger partial charge in [-0.3, -0.25) is 4.79 Å². The van der Waals surface area contributed by atoms with Gasteiger partial charge in [0.1, 0.15) is 0 Å². The zero-order valence-electron chi connectivity index (χ0n) is 10.6. The summed E-state index contributed by atoms with van der Waals surface area (Å²) in [5, 5.41) is 0. The summed E-state index contributed by atoms with van der Waals surface area (Å²) in [6.45, 7) is 4.97. The van der Waals surface area contributed by atoms with Crippen molar-refractivity contribution >= 4 is 5.97 Å². The number of carbonyl (C=O) groups excluding carboxylic acids is 1. The lowest BCUT2D eigenvalue weighted by atomic mass is 9.82. The second-order valence-corrected chi connectivity index (χ2v) is 4.91. The fraction of sp³-hybridized carbons (Fsp3) is 0.923. The smallest absolute Gasteiger partial charge is 0.313 e. The van der Waals surface area contributed by atoms with Gasteiger partial charge in [0, 0.05) is 6.54 Å². The molecule has 0 bridgehead atoms. The van der Waals surface area contributed by atoms with Crippen LogP contribution in [0, 0.1) is 11.3 Å². The molecule has 2 N–H and O–H groups in total. The van der Waals surface area contributed by atoms with Crippen LogP contribution in [0.4, 0.5) is 0 Å². The molecule has 0 heterocycles. The Morgan fingerprint density at radius 1 is 1.38 bits per heavy atom. The van der Waals surface area contributed by atoms with Crippen molar-refractivity contribution in [2.45, 2.75) is 52.4 Å². The van der Waals surface area contributed by atoms with Crippen molar-refractivity contribution in [1.82, 2.24) is 0 Å². The molecular formula is C13H25NO2. The quantitative estimate of drug-likeness (QED) is 0.680. The molecule has 1 aliphatic carbocycles. The Labute approximate surface area is 98.7 Å². The Hall–Kier alpha value is -0.570. The van der Waals surface area contributed by atoms with Crippen molar-refractivity contribution in [2.75, 3.05) is 13.2 Å². The Bertz CT molecular complexity index is 212. The molecule has 0 radical (unpaired) electrons. The summed E-state index contributed by atoms with van der Waals surface area (Å²) >= 11 is 0. The van der Waals surface area contributed by atoms with Crippen LogP contribution in [0.1, 0.15) is 52.4 Å². The van der Waals surface area contributed by atoms with E-state index >= 15 is 0 Å². The monoisotopic (exact) mass is 227 g/mol. The van der Waals surface area contributed by atoms with Crippen molar-refractivity contribution < 1.29 is 9.53 Å². The van der Waals surface area contributed by atoms with Gasteiger partial charge in [-0.05, 0) is 25.2 Å². The SMILES string of the molecule is CCC(CC)(CN)C(=O)OCCC1CCC1. The van der Waals surface area contributed by atoms with Crippen LogP contribution in [0.2, 0.25) is 0 Å². The molecule has 0 aromatic heterocycles. The van der Waals surface area contributed by atoms with Crippen LogP contribution < -0.4 is 5.73 Å². The number of hydrogen-bond donors (Lipinski definition) is 1. The highest BCUT2D eigenvalue weighted by Gasteiger charge is 2.35. The van der Waals surface area contributed by atoms with Gasteiger partial charge in [-0.25, -0.2) is 0 Å². The minimum atomic E-state index is -0.445. The highest BCUT2D eigenvalue weighted by atomic mass is 16.5. The van der Waals surface area contributed by atoms with E-state index < -0.39 is 5.41 Å². The van der Waals surface area contributed by atoms with E-state index in [0.717, 1.165) is 25.2 Å². The van der Waals surface area contributed by atoms with E-state index in [9.17, 15) is 4.79 Å². The van der Waals surface area contributed by atoms with E-state index in [4.69, 9.17) is 10.5 Å². The molecule has 0 unspecified atom stereocenters. The molecule has 1 saturated carbocycles. The molecule has 1 fully saturated rings. The van der Waals surface area contributed by atoms with E-state index in [1.54, 1.807) is 0 Å². The number of esters is 1. The van der Waals surface area contributed by atoms with E-state index in [2.05, 4.69) is 0 Å². The Kier molecular flexibility index (Phi) is 5.26. The molecule has 0 aromatic rings. The van der Waals surface area contributed by atoms with Crippen molar-refractivity contribution in [3.63, 3.8) is 0 Å². The van der Waals surface area contributed by atoms with Crippen molar-refractivity contribution in [2.24, 2.45) is 17.1 Å². The van der Waals surface area contributed by atoms with Gasteiger partial charge in [0.2, 0.25) is 0 Å². The van der Waals surface area contributed by atoms with Crippen LogP contribution in [0.25, 0.3) is 0 Å². The normalized spacial score (nSPS) is 16.9. The summed E-state index contributed by atoms with van der Waals surface area (Å²) in [7, 11) is 0. The fourth-order valence-corrected chi connectivity index (χ4v) is 2.16. The van der Waals surface area contributed by atoms with E-state index in [1.165, 1.54) is 19.3 Å². The van der Waals surface area contributed by atoms with E-state index in [0.29, 0.717) is 13.2 Å². The predicted octanol–water partition coefficient (Wildman–Crippen LogP) is 2.48. The molecule has 3 nitrogen and oxygen atoms in total. The average Bonchev–Trinajstić information content (AvgIpc) is 2.25.